The molecule has 2 bridgehead atoms. The number of rotatable bonds is 7. The summed E-state index contributed by atoms with van der Waals surface area (Å²) >= 11 is 0. The molecule has 3 saturated carbocycles. The normalized spacial score (nSPS) is 31.7. The molecule has 1 aromatic carbocycles. The van der Waals surface area contributed by atoms with Crippen molar-refractivity contribution in [3.8, 4) is 0 Å². The highest BCUT2D eigenvalue weighted by Gasteiger charge is 2.68. The summed E-state index contributed by atoms with van der Waals surface area (Å²) in [5, 5.41) is 0. The molecule has 1 saturated heterocycles. The number of carbonyl (C=O) groups is 2. The Kier molecular flexibility index (Phi) is 6.25. The third-order valence-electron chi connectivity index (χ3n) is 7.84. The van der Waals surface area contributed by atoms with Crippen LogP contribution in [0.25, 0.3) is 0 Å². The highest BCUT2D eigenvalue weighted by atomic mass is 35.5. The van der Waals surface area contributed by atoms with Crippen molar-refractivity contribution in [2.24, 2.45) is 23.0 Å². The van der Waals surface area contributed by atoms with Crippen LogP contribution in [0.2, 0.25) is 5.82 Å². The van der Waals surface area contributed by atoms with Crippen LogP contribution >= 0.6 is 12.4 Å². The van der Waals surface area contributed by atoms with Gasteiger partial charge in [0.15, 0.2) is 5.78 Å². The molecular weight excluding hydrogens is 401 g/mol. The van der Waals surface area contributed by atoms with Gasteiger partial charge in [-0.15, -0.1) is 12.4 Å². The Morgan fingerprint density at radius 3 is 2.50 bits per heavy atom. The molecule has 1 aromatic rings. The third-order valence-corrected chi connectivity index (χ3v) is 7.84. The largest absolute Gasteiger partial charge is 0.465 e. The van der Waals surface area contributed by atoms with Gasteiger partial charge >= 0.3 is 7.12 Å². The topological polar surface area (TPSA) is 78.6 Å². The molecule has 3 aliphatic carbocycles. The molecular formula is C23H31BClNO4. The fraction of sp³-hybridized carbons (Fsp3) is 0.565. The molecule has 30 heavy (non-hydrogen) atoms. The van der Waals surface area contributed by atoms with Crippen molar-refractivity contribution in [3.63, 3.8) is 0 Å². The quantitative estimate of drug-likeness (QED) is 0.398. The number of hydrogen-bond donors (Lipinski definition) is 1. The van der Waals surface area contributed by atoms with E-state index < -0.39 is 18.8 Å². The van der Waals surface area contributed by atoms with E-state index in [9.17, 15) is 9.59 Å². The fourth-order valence-electron chi connectivity index (χ4n) is 5.78. The zero-order chi connectivity index (χ0) is 21.0. The summed E-state index contributed by atoms with van der Waals surface area (Å²) in [4.78, 5) is 24.5. The number of nitrogens with two attached hydrogens (primary N) is 1. The second-order valence-corrected chi connectivity index (χ2v) is 9.66. The van der Waals surface area contributed by atoms with E-state index >= 15 is 0 Å². The van der Waals surface area contributed by atoms with E-state index in [1.807, 2.05) is 18.2 Å². The molecule has 0 spiro atoms. The molecule has 7 heteroatoms. The maximum atomic E-state index is 12.6. The van der Waals surface area contributed by atoms with Gasteiger partial charge in [-0.1, -0.05) is 50.8 Å². The van der Waals surface area contributed by atoms with Gasteiger partial charge in [0.05, 0.1) is 11.7 Å². The number of primary amides is 1. The predicted octanol–water partition coefficient (Wildman–Crippen LogP) is 4.21. The summed E-state index contributed by atoms with van der Waals surface area (Å²) in [7, 11) is -0.594. The van der Waals surface area contributed by atoms with Crippen LogP contribution in [0.1, 0.15) is 56.8 Å². The summed E-state index contributed by atoms with van der Waals surface area (Å²) in [5.74, 6) is 0.0994. The van der Waals surface area contributed by atoms with Gasteiger partial charge < -0.3 is 15.0 Å². The van der Waals surface area contributed by atoms with Gasteiger partial charge in [-0.25, -0.2) is 0 Å². The molecule has 0 radical (unpaired) electrons. The molecule has 162 valence electrons. The number of Topliss-reactive ketones (excluding diaryl/α,β-unsaturated/α-hetero) is 1. The molecule has 5 atom stereocenters. The summed E-state index contributed by atoms with van der Waals surface area (Å²) in [6, 6.07) is 9.16. The number of hydrogen-bond acceptors (Lipinski definition) is 4. The lowest BCUT2D eigenvalue weighted by Gasteiger charge is -2.64. The molecule has 1 aliphatic heterocycles. The van der Waals surface area contributed by atoms with Crippen LogP contribution in [-0.4, -0.2) is 30.5 Å². The molecule has 5 rings (SSSR count). The highest BCUT2D eigenvalue weighted by Crippen LogP contribution is 2.66. The molecule has 5 nitrogen and oxygen atoms in total. The van der Waals surface area contributed by atoms with Gasteiger partial charge in [0.25, 0.3) is 0 Å². The number of benzene rings is 1. The lowest BCUT2D eigenvalue weighted by molar-refractivity contribution is -0.199. The van der Waals surface area contributed by atoms with Gasteiger partial charge in [0.2, 0.25) is 5.91 Å². The minimum atomic E-state index is -0.594. The highest BCUT2D eigenvalue weighted by molar-refractivity contribution is 6.49. The van der Waals surface area contributed by atoms with Crippen molar-refractivity contribution in [1.82, 2.24) is 0 Å². The Balaban J connectivity index is 0.00000256. The average Bonchev–Trinajstić information content (AvgIpc) is 3.04. The van der Waals surface area contributed by atoms with Crippen LogP contribution in [0.3, 0.4) is 0 Å². The minimum Gasteiger partial charge on any atom is -0.405 e. The first-order valence-electron chi connectivity index (χ1n) is 10.5. The molecule has 0 unspecified atom stereocenters. The third kappa shape index (κ3) is 3.63. The molecule has 4 fully saturated rings. The molecule has 4 aliphatic rings. The van der Waals surface area contributed by atoms with Crippen molar-refractivity contribution in [3.05, 3.63) is 48.0 Å². The van der Waals surface area contributed by atoms with Gasteiger partial charge in [-0.3, -0.25) is 9.59 Å². The van der Waals surface area contributed by atoms with E-state index in [1.54, 1.807) is 12.1 Å². The maximum absolute atomic E-state index is 12.6. The summed E-state index contributed by atoms with van der Waals surface area (Å²) in [5.41, 5.74) is 6.34. The van der Waals surface area contributed by atoms with Crippen molar-refractivity contribution in [2.45, 2.75) is 64.0 Å². The fourth-order valence-corrected chi connectivity index (χ4v) is 5.78. The average molecular weight is 432 g/mol. The van der Waals surface area contributed by atoms with Crippen LogP contribution in [0.4, 0.5) is 0 Å². The molecule has 1 amide bonds. The first-order valence-corrected chi connectivity index (χ1v) is 10.5. The maximum Gasteiger partial charge on any atom is 0.465 e. The Hall–Kier alpha value is -1.63. The first kappa shape index (κ1) is 23.0. The van der Waals surface area contributed by atoms with Crippen LogP contribution in [-0.2, 0) is 14.1 Å². The minimum absolute atomic E-state index is 0. The molecule has 1 heterocycles. The Morgan fingerprint density at radius 1 is 1.23 bits per heavy atom. The van der Waals surface area contributed by atoms with Crippen molar-refractivity contribution in [2.75, 3.05) is 0 Å². The van der Waals surface area contributed by atoms with Crippen LogP contribution in [0, 0.1) is 17.3 Å². The van der Waals surface area contributed by atoms with Gasteiger partial charge in [-0.05, 0) is 43.4 Å². The smallest absolute Gasteiger partial charge is 0.405 e. The van der Waals surface area contributed by atoms with Crippen LogP contribution in [0.5, 0.6) is 0 Å². The van der Waals surface area contributed by atoms with E-state index in [1.165, 1.54) is 0 Å². The lowest BCUT2D eigenvalue weighted by atomic mass is 9.43. The zero-order valence-corrected chi connectivity index (χ0v) is 18.7. The van der Waals surface area contributed by atoms with Crippen LogP contribution < -0.4 is 5.73 Å². The Labute approximate surface area is 185 Å². The van der Waals surface area contributed by atoms with Gasteiger partial charge in [-0.2, -0.15) is 0 Å². The Bertz CT molecular complexity index is 845. The number of amides is 1. The summed E-state index contributed by atoms with van der Waals surface area (Å²) in [6.45, 7) is 10.7. The van der Waals surface area contributed by atoms with E-state index in [-0.39, 0.29) is 47.3 Å². The van der Waals surface area contributed by atoms with Crippen LogP contribution in [0.15, 0.2) is 42.5 Å². The Morgan fingerprint density at radius 2 is 1.90 bits per heavy atom. The van der Waals surface area contributed by atoms with Gasteiger partial charge in [0, 0.05) is 23.4 Å². The standard InChI is InChI=1S/C23H30BNO4.ClH/c1-14(21(25)27)17(10-11-18(26)15-8-6-5-7-9-15)24-28-20-13-16-12-19(22(16,2)3)23(20,4)29-24;/h5-9,16-17,19-20H,1,10-13H2,2-4H3,(H2,25,27);1H/t16-,17+,19-,20+,23-;/m0./s1. The zero-order valence-electron chi connectivity index (χ0n) is 17.9. The van der Waals surface area contributed by atoms with E-state index in [2.05, 4.69) is 27.4 Å². The first-order chi connectivity index (χ1) is 13.6. The summed E-state index contributed by atoms with van der Waals surface area (Å²) < 4.78 is 12.8. The van der Waals surface area contributed by atoms with E-state index in [0.717, 1.165) is 12.8 Å². The van der Waals surface area contributed by atoms with Crippen molar-refractivity contribution >= 4 is 31.2 Å². The SMILES string of the molecule is C=C(C(N)=O)[C@@H](CCC(=O)c1ccccc1)B1O[C@@H]2C[C@@H]3C[C@@H](C3(C)C)[C@]2(C)O1.Cl. The monoisotopic (exact) mass is 431 g/mol. The second-order valence-electron chi connectivity index (χ2n) is 9.66. The predicted molar refractivity (Wildman–Crippen MR) is 119 cm³/mol. The lowest BCUT2D eigenvalue weighted by Crippen LogP contribution is -2.65. The number of ketones is 1. The molecule has 2 N–H and O–H groups in total. The summed E-state index contributed by atoms with van der Waals surface area (Å²) in [6.07, 6.45) is 2.83. The molecule has 0 aromatic heterocycles. The number of halogens is 1. The van der Waals surface area contributed by atoms with Crippen molar-refractivity contribution in [1.29, 1.82) is 0 Å². The van der Waals surface area contributed by atoms with E-state index in [0.29, 0.717) is 23.8 Å². The van der Waals surface area contributed by atoms with Gasteiger partial charge in [0.1, 0.15) is 0 Å². The second kappa shape index (κ2) is 8.14. The van der Waals surface area contributed by atoms with Crippen molar-refractivity contribution < 1.29 is 18.9 Å². The number of carbonyl (C=O) groups excluding carboxylic acids is 2. The van der Waals surface area contributed by atoms with E-state index in [4.69, 9.17) is 15.0 Å².